The summed E-state index contributed by atoms with van der Waals surface area (Å²) in [6.07, 6.45) is -1.07. The van der Waals surface area contributed by atoms with Crippen molar-refractivity contribution < 1.29 is 37.0 Å². The van der Waals surface area contributed by atoms with E-state index in [-0.39, 0.29) is 23.4 Å². The smallest absolute Gasteiger partial charge is 0.418 e. The molecule has 2 fully saturated rings. The molecule has 1 atom stereocenters. The van der Waals surface area contributed by atoms with Crippen LogP contribution in [0.3, 0.4) is 0 Å². The molecule has 0 unspecified atom stereocenters. The van der Waals surface area contributed by atoms with Gasteiger partial charge in [-0.2, -0.15) is 13.2 Å². The average Bonchev–Trinajstić information content (AvgIpc) is 3.47. The van der Waals surface area contributed by atoms with Crippen molar-refractivity contribution in [2.45, 2.75) is 32.0 Å². The quantitative estimate of drug-likeness (QED) is 0.317. The van der Waals surface area contributed by atoms with E-state index in [2.05, 4.69) is 5.32 Å². The van der Waals surface area contributed by atoms with Gasteiger partial charge < -0.3 is 19.5 Å². The minimum absolute atomic E-state index is 0.0167. The minimum atomic E-state index is -4.61. The summed E-state index contributed by atoms with van der Waals surface area (Å²) in [5.74, 6) is -0.401. The fraction of sp³-hybridized carbons (Fsp3) is 0.346. The minimum Gasteiger partial charge on any atom is -0.490 e. The maximum Gasteiger partial charge on any atom is 0.418 e. The van der Waals surface area contributed by atoms with Crippen molar-refractivity contribution in [2.24, 2.45) is 0 Å². The molecule has 0 spiro atoms. The number of carbonyl (C=O) groups is 2. The molecule has 7 nitrogen and oxygen atoms in total. The van der Waals surface area contributed by atoms with Gasteiger partial charge in [0.05, 0.1) is 35.4 Å². The molecule has 0 bridgehead atoms. The first-order chi connectivity index (χ1) is 18.2. The Morgan fingerprint density at radius 1 is 1.24 bits per heavy atom. The third-order valence-electron chi connectivity index (χ3n) is 5.71. The van der Waals surface area contributed by atoms with E-state index >= 15 is 0 Å². The number of rotatable bonds is 9. The molecule has 1 N–H and O–H groups in total. The summed E-state index contributed by atoms with van der Waals surface area (Å²) in [7, 11) is 0. The van der Waals surface area contributed by atoms with Crippen molar-refractivity contribution >= 4 is 51.9 Å². The van der Waals surface area contributed by atoms with E-state index < -0.39 is 24.3 Å². The fourth-order valence-electron chi connectivity index (χ4n) is 3.97. The van der Waals surface area contributed by atoms with Crippen LogP contribution >= 0.6 is 24.0 Å². The van der Waals surface area contributed by atoms with E-state index in [0.29, 0.717) is 40.3 Å². The lowest BCUT2D eigenvalue weighted by Gasteiger charge is -2.18. The van der Waals surface area contributed by atoms with Crippen LogP contribution in [0, 0.1) is 0 Å². The number of benzene rings is 2. The van der Waals surface area contributed by atoms with Gasteiger partial charge >= 0.3 is 6.18 Å². The lowest BCUT2D eigenvalue weighted by molar-refractivity contribution is -0.137. The second-order valence-electron chi connectivity index (χ2n) is 8.45. The zero-order valence-electron chi connectivity index (χ0n) is 20.4. The average molecular weight is 567 g/mol. The van der Waals surface area contributed by atoms with Crippen LogP contribution in [-0.4, -0.2) is 53.5 Å². The van der Waals surface area contributed by atoms with Gasteiger partial charge in [-0.15, -0.1) is 0 Å². The number of para-hydroxylation sites is 1. The Labute approximate surface area is 227 Å². The monoisotopic (exact) mass is 566 g/mol. The van der Waals surface area contributed by atoms with Gasteiger partial charge in [-0.3, -0.25) is 14.5 Å². The highest BCUT2D eigenvalue weighted by Crippen LogP contribution is 2.36. The third-order valence-corrected chi connectivity index (χ3v) is 7.09. The predicted octanol–water partition coefficient (Wildman–Crippen LogP) is 5.50. The van der Waals surface area contributed by atoms with Crippen molar-refractivity contribution in [1.29, 1.82) is 0 Å². The van der Waals surface area contributed by atoms with Gasteiger partial charge in [0, 0.05) is 6.61 Å². The highest BCUT2D eigenvalue weighted by molar-refractivity contribution is 8.26. The Morgan fingerprint density at radius 2 is 2.03 bits per heavy atom. The molecule has 4 rings (SSSR count). The van der Waals surface area contributed by atoms with Crippen LogP contribution in [0.2, 0.25) is 0 Å². The van der Waals surface area contributed by atoms with E-state index in [1.54, 1.807) is 36.1 Å². The molecule has 0 aromatic heterocycles. The third kappa shape index (κ3) is 6.86. The van der Waals surface area contributed by atoms with Crippen molar-refractivity contribution in [1.82, 2.24) is 4.90 Å². The van der Waals surface area contributed by atoms with Crippen molar-refractivity contribution in [2.75, 3.05) is 31.7 Å². The summed E-state index contributed by atoms with van der Waals surface area (Å²) >= 11 is 6.60. The van der Waals surface area contributed by atoms with Crippen molar-refractivity contribution in [3.8, 4) is 11.5 Å². The second kappa shape index (κ2) is 12.2. The van der Waals surface area contributed by atoms with Gasteiger partial charge in [0.2, 0.25) is 0 Å². The molecule has 2 aliphatic rings. The van der Waals surface area contributed by atoms with Crippen molar-refractivity contribution in [3.63, 3.8) is 0 Å². The number of hydrogen-bond donors (Lipinski definition) is 1. The number of thiocarbonyl (C=S) groups is 1. The van der Waals surface area contributed by atoms with Crippen LogP contribution in [0.1, 0.15) is 30.9 Å². The van der Waals surface area contributed by atoms with Gasteiger partial charge in [0.1, 0.15) is 4.32 Å². The number of alkyl halides is 3. The number of anilines is 1. The molecule has 38 heavy (non-hydrogen) atoms. The van der Waals surface area contributed by atoms with Gasteiger partial charge in [0.15, 0.2) is 18.1 Å². The Morgan fingerprint density at radius 3 is 2.74 bits per heavy atom. The predicted molar refractivity (Wildman–Crippen MR) is 142 cm³/mol. The summed E-state index contributed by atoms with van der Waals surface area (Å²) in [6.45, 7) is 2.65. The van der Waals surface area contributed by atoms with Crippen LogP contribution in [0.25, 0.3) is 6.08 Å². The van der Waals surface area contributed by atoms with E-state index in [1.807, 2.05) is 0 Å². The van der Waals surface area contributed by atoms with Gasteiger partial charge in [-0.1, -0.05) is 42.2 Å². The SMILES string of the molecule is CCOc1cc(/C=C2\SC(=S)N(C[C@H]3CCCO3)C2=O)ccc1OCC(=O)Nc1ccccc1C(F)(F)F. The summed E-state index contributed by atoms with van der Waals surface area (Å²) < 4.78 is 56.8. The number of nitrogens with zero attached hydrogens (tertiary/aromatic N) is 1. The van der Waals surface area contributed by atoms with Gasteiger partial charge in [0.25, 0.3) is 11.8 Å². The van der Waals surface area contributed by atoms with Crippen LogP contribution in [0.15, 0.2) is 47.4 Å². The van der Waals surface area contributed by atoms with Gasteiger partial charge in [-0.05, 0) is 55.7 Å². The molecule has 12 heteroatoms. The van der Waals surface area contributed by atoms with E-state index in [0.717, 1.165) is 18.9 Å². The molecular formula is C26H25F3N2O5S2. The number of carbonyl (C=O) groups excluding carboxylic acids is 2. The molecule has 2 aromatic carbocycles. The first-order valence-electron chi connectivity index (χ1n) is 11.9. The summed E-state index contributed by atoms with van der Waals surface area (Å²) in [5.41, 5.74) is -0.651. The standard InChI is InChI=1S/C26H25F3N2O5S2/c1-2-34-21-12-16(13-22-24(33)31(25(37)38-22)14-17-6-5-11-35-17)9-10-20(21)36-15-23(32)30-19-8-4-3-7-18(19)26(27,28)29/h3-4,7-10,12-13,17H,2,5-6,11,14-15H2,1H3,(H,30,32)/b22-13-/t17-/m1/s1. The van der Waals surface area contributed by atoms with E-state index in [4.69, 9.17) is 26.4 Å². The Bertz CT molecular complexity index is 1250. The Hall–Kier alpha value is -3.09. The molecule has 2 aliphatic heterocycles. The lowest BCUT2D eigenvalue weighted by atomic mass is 10.1. The zero-order valence-corrected chi connectivity index (χ0v) is 22.0. The van der Waals surface area contributed by atoms with Crippen LogP contribution in [-0.2, 0) is 20.5 Å². The van der Waals surface area contributed by atoms with E-state index in [1.165, 1.54) is 30.0 Å². The molecule has 0 saturated carbocycles. The first-order valence-corrected chi connectivity index (χ1v) is 13.1. The molecule has 2 heterocycles. The van der Waals surface area contributed by atoms with Crippen LogP contribution < -0.4 is 14.8 Å². The van der Waals surface area contributed by atoms with Crippen LogP contribution in [0.4, 0.5) is 18.9 Å². The number of hydrogen-bond acceptors (Lipinski definition) is 7. The first kappa shape index (κ1) is 27.9. The summed E-state index contributed by atoms with van der Waals surface area (Å²) in [5, 5.41) is 2.24. The van der Waals surface area contributed by atoms with Crippen LogP contribution in [0.5, 0.6) is 11.5 Å². The lowest BCUT2D eigenvalue weighted by Crippen LogP contribution is -2.35. The molecule has 0 radical (unpaired) electrons. The molecule has 2 amide bonds. The highest BCUT2D eigenvalue weighted by Gasteiger charge is 2.35. The van der Waals surface area contributed by atoms with Gasteiger partial charge in [-0.25, -0.2) is 0 Å². The number of halogens is 3. The largest absolute Gasteiger partial charge is 0.490 e. The van der Waals surface area contributed by atoms with Crippen molar-refractivity contribution in [3.05, 3.63) is 58.5 Å². The molecule has 2 saturated heterocycles. The number of thioether (sulfide) groups is 1. The highest BCUT2D eigenvalue weighted by atomic mass is 32.2. The zero-order chi connectivity index (χ0) is 27.3. The number of nitrogens with one attached hydrogen (secondary N) is 1. The summed E-state index contributed by atoms with van der Waals surface area (Å²) in [6, 6.07) is 9.61. The summed E-state index contributed by atoms with van der Waals surface area (Å²) in [4.78, 5) is 27.3. The molecular weight excluding hydrogens is 541 g/mol. The Kier molecular flexibility index (Phi) is 8.95. The fourth-order valence-corrected chi connectivity index (χ4v) is 5.25. The number of amides is 2. The normalized spacial score (nSPS) is 18.8. The second-order valence-corrected chi connectivity index (χ2v) is 10.1. The molecule has 0 aliphatic carbocycles. The molecule has 2 aromatic rings. The maximum atomic E-state index is 13.2. The van der Waals surface area contributed by atoms with E-state index in [9.17, 15) is 22.8 Å². The number of ether oxygens (including phenoxy) is 3. The Balaban J connectivity index is 1.43. The maximum absolute atomic E-state index is 13.2. The topological polar surface area (TPSA) is 77.1 Å². The molecule has 202 valence electrons.